The van der Waals surface area contributed by atoms with Gasteiger partial charge >= 0.3 is 0 Å². The van der Waals surface area contributed by atoms with Gasteiger partial charge in [0.1, 0.15) is 18.2 Å². The Morgan fingerprint density at radius 2 is 1.66 bits per heavy atom. The molecule has 5 N–H and O–H groups in total. The number of nitrogens with one attached hydrogen (secondary N) is 1. The van der Waals surface area contributed by atoms with Crippen molar-refractivity contribution in [2.24, 2.45) is 16.5 Å². The van der Waals surface area contributed by atoms with Gasteiger partial charge in [-0.1, -0.05) is 48.5 Å². The maximum Gasteiger partial charge on any atom is 0.255 e. The van der Waals surface area contributed by atoms with Gasteiger partial charge in [-0.05, 0) is 28.5 Å². The normalized spacial score (nSPS) is 11.3. The number of ether oxygens (including phenoxy) is 1. The summed E-state index contributed by atoms with van der Waals surface area (Å²) in [5.74, 6) is -0.159. The predicted octanol–water partition coefficient (Wildman–Crippen LogP) is 1.97. The van der Waals surface area contributed by atoms with Gasteiger partial charge in [-0.2, -0.15) is 0 Å². The van der Waals surface area contributed by atoms with Gasteiger partial charge < -0.3 is 21.5 Å². The molecule has 3 rings (SSSR count). The Kier molecular flexibility index (Phi) is 6.09. The van der Waals surface area contributed by atoms with E-state index in [4.69, 9.17) is 16.2 Å². The second kappa shape index (κ2) is 8.88. The number of amidine groups is 1. The zero-order valence-corrected chi connectivity index (χ0v) is 16.0. The minimum atomic E-state index is -0.614. The zero-order chi connectivity index (χ0) is 20.8. The fourth-order valence-electron chi connectivity index (χ4n) is 2.84. The quantitative estimate of drug-likeness (QED) is 0.422. The standard InChI is InChI=1S/C22H22N4O3/c1-25-21(24)15-8-6-14(7-9-15)13-29-19-11-17-5-3-2-4-16(17)10-18(19)22(28)26-12-20(23)27/h2-11H,12-13H2,1H3,(H2,23,27)(H2,24,25)(H,26,28). The summed E-state index contributed by atoms with van der Waals surface area (Å²) in [6.45, 7) is 0.0187. The van der Waals surface area contributed by atoms with Crippen molar-refractivity contribution in [3.05, 3.63) is 77.4 Å². The van der Waals surface area contributed by atoms with E-state index in [-0.39, 0.29) is 13.2 Å². The van der Waals surface area contributed by atoms with Crippen LogP contribution in [0.15, 0.2) is 65.7 Å². The average Bonchev–Trinajstić information content (AvgIpc) is 2.75. The summed E-state index contributed by atoms with van der Waals surface area (Å²) in [5, 5.41) is 4.34. The Hall–Kier alpha value is -3.87. The summed E-state index contributed by atoms with van der Waals surface area (Å²) in [5.41, 5.74) is 13.0. The van der Waals surface area contributed by atoms with Crippen molar-refractivity contribution in [1.29, 1.82) is 0 Å². The van der Waals surface area contributed by atoms with E-state index in [2.05, 4.69) is 10.3 Å². The van der Waals surface area contributed by atoms with Gasteiger partial charge in [0, 0.05) is 12.6 Å². The highest BCUT2D eigenvalue weighted by atomic mass is 16.5. The van der Waals surface area contributed by atoms with E-state index in [1.165, 1.54) is 0 Å². The molecule has 29 heavy (non-hydrogen) atoms. The first-order valence-electron chi connectivity index (χ1n) is 9.01. The summed E-state index contributed by atoms with van der Waals surface area (Å²) in [7, 11) is 1.64. The number of primary amides is 1. The van der Waals surface area contributed by atoms with E-state index in [1.807, 2.05) is 54.6 Å². The number of carbonyl (C=O) groups is 2. The van der Waals surface area contributed by atoms with Crippen molar-refractivity contribution >= 4 is 28.4 Å². The molecular formula is C22H22N4O3. The molecule has 148 valence electrons. The molecule has 0 fully saturated rings. The topological polar surface area (TPSA) is 120 Å². The molecule has 0 heterocycles. The Labute approximate surface area is 168 Å². The number of aliphatic imine (C=N–C) groups is 1. The number of amides is 2. The van der Waals surface area contributed by atoms with Gasteiger partial charge in [-0.25, -0.2) is 0 Å². The molecule has 0 unspecified atom stereocenters. The number of hydrogen-bond donors (Lipinski definition) is 3. The number of nitrogens with zero attached hydrogens (tertiary/aromatic N) is 1. The second-order valence-corrected chi connectivity index (χ2v) is 6.44. The molecule has 0 aliphatic heterocycles. The van der Waals surface area contributed by atoms with Crippen LogP contribution in [-0.4, -0.2) is 31.2 Å². The third-order valence-electron chi connectivity index (χ3n) is 4.40. The first-order chi connectivity index (χ1) is 14.0. The molecule has 0 saturated heterocycles. The Morgan fingerprint density at radius 1 is 1.00 bits per heavy atom. The van der Waals surface area contributed by atoms with Crippen molar-refractivity contribution in [3.63, 3.8) is 0 Å². The molecular weight excluding hydrogens is 368 g/mol. The number of fused-ring (bicyclic) bond motifs is 1. The average molecular weight is 390 g/mol. The maximum absolute atomic E-state index is 12.6. The SMILES string of the molecule is CN=C(N)c1ccc(COc2cc3ccccc3cc2C(=O)NCC(N)=O)cc1. The fraction of sp³-hybridized carbons (Fsp3) is 0.136. The van der Waals surface area contributed by atoms with Crippen LogP contribution in [0.2, 0.25) is 0 Å². The third-order valence-corrected chi connectivity index (χ3v) is 4.40. The fourth-order valence-corrected chi connectivity index (χ4v) is 2.84. The van der Waals surface area contributed by atoms with E-state index >= 15 is 0 Å². The summed E-state index contributed by atoms with van der Waals surface area (Å²) in [4.78, 5) is 27.5. The number of benzene rings is 3. The van der Waals surface area contributed by atoms with E-state index < -0.39 is 11.8 Å². The van der Waals surface area contributed by atoms with Crippen LogP contribution in [-0.2, 0) is 11.4 Å². The number of nitrogens with two attached hydrogens (primary N) is 2. The van der Waals surface area contributed by atoms with Crippen molar-refractivity contribution in [2.45, 2.75) is 6.61 Å². The lowest BCUT2D eigenvalue weighted by atomic mass is 10.1. The molecule has 3 aromatic rings. The monoisotopic (exact) mass is 390 g/mol. The van der Waals surface area contributed by atoms with Crippen molar-refractivity contribution in [1.82, 2.24) is 5.32 Å². The van der Waals surface area contributed by atoms with Crippen LogP contribution in [0, 0.1) is 0 Å². The summed E-state index contributed by atoms with van der Waals surface area (Å²) >= 11 is 0. The summed E-state index contributed by atoms with van der Waals surface area (Å²) in [6.07, 6.45) is 0. The molecule has 3 aromatic carbocycles. The molecule has 0 radical (unpaired) electrons. The first kappa shape index (κ1) is 19.9. The van der Waals surface area contributed by atoms with Gasteiger partial charge in [-0.15, -0.1) is 0 Å². The molecule has 0 saturated carbocycles. The van der Waals surface area contributed by atoms with Crippen molar-refractivity contribution in [3.8, 4) is 5.75 Å². The van der Waals surface area contributed by atoms with Crippen LogP contribution in [0.4, 0.5) is 0 Å². The van der Waals surface area contributed by atoms with Crippen LogP contribution in [0.3, 0.4) is 0 Å². The lowest BCUT2D eigenvalue weighted by Gasteiger charge is -2.13. The number of rotatable bonds is 7. The highest BCUT2D eigenvalue weighted by Crippen LogP contribution is 2.27. The van der Waals surface area contributed by atoms with Gasteiger partial charge in [0.05, 0.1) is 12.1 Å². The number of carbonyl (C=O) groups excluding carboxylic acids is 2. The molecule has 0 aliphatic carbocycles. The minimum Gasteiger partial charge on any atom is -0.488 e. The van der Waals surface area contributed by atoms with Crippen molar-refractivity contribution < 1.29 is 14.3 Å². The molecule has 0 bridgehead atoms. The van der Waals surface area contributed by atoms with Gasteiger partial charge in [0.25, 0.3) is 5.91 Å². The molecule has 2 amide bonds. The smallest absolute Gasteiger partial charge is 0.255 e. The first-order valence-corrected chi connectivity index (χ1v) is 9.01. The molecule has 7 heteroatoms. The summed E-state index contributed by atoms with van der Waals surface area (Å²) < 4.78 is 5.95. The van der Waals surface area contributed by atoms with E-state index in [9.17, 15) is 9.59 Å². The lowest BCUT2D eigenvalue weighted by Crippen LogP contribution is -2.33. The molecule has 0 atom stereocenters. The molecule has 0 aliphatic rings. The zero-order valence-electron chi connectivity index (χ0n) is 16.0. The van der Waals surface area contributed by atoms with Gasteiger partial charge in [-0.3, -0.25) is 14.6 Å². The van der Waals surface area contributed by atoms with Crippen molar-refractivity contribution in [2.75, 3.05) is 13.6 Å². The van der Waals surface area contributed by atoms with Crippen LogP contribution < -0.4 is 21.5 Å². The van der Waals surface area contributed by atoms with Crippen LogP contribution >= 0.6 is 0 Å². The van der Waals surface area contributed by atoms with Gasteiger partial charge in [0.15, 0.2) is 0 Å². The molecule has 7 nitrogen and oxygen atoms in total. The Balaban J connectivity index is 1.85. The van der Waals surface area contributed by atoms with Crippen LogP contribution in [0.25, 0.3) is 10.8 Å². The maximum atomic E-state index is 12.6. The third kappa shape index (κ3) is 4.90. The lowest BCUT2D eigenvalue weighted by molar-refractivity contribution is -0.117. The number of hydrogen-bond acceptors (Lipinski definition) is 4. The van der Waals surface area contributed by atoms with Crippen LogP contribution in [0.5, 0.6) is 5.75 Å². The highest BCUT2D eigenvalue weighted by Gasteiger charge is 2.15. The second-order valence-electron chi connectivity index (χ2n) is 6.44. The molecule has 0 spiro atoms. The Bertz CT molecular complexity index is 1080. The van der Waals surface area contributed by atoms with Crippen LogP contribution in [0.1, 0.15) is 21.5 Å². The van der Waals surface area contributed by atoms with E-state index in [1.54, 1.807) is 13.1 Å². The van der Waals surface area contributed by atoms with Gasteiger partial charge in [0.2, 0.25) is 5.91 Å². The predicted molar refractivity (Wildman–Crippen MR) is 113 cm³/mol. The highest BCUT2D eigenvalue weighted by molar-refractivity contribution is 6.02. The Morgan fingerprint density at radius 3 is 2.28 bits per heavy atom. The molecule has 0 aromatic heterocycles. The summed E-state index contributed by atoms with van der Waals surface area (Å²) in [6, 6.07) is 18.7. The van der Waals surface area contributed by atoms with E-state index in [0.29, 0.717) is 17.1 Å². The largest absolute Gasteiger partial charge is 0.488 e. The minimum absolute atomic E-state index is 0.243. The van der Waals surface area contributed by atoms with E-state index in [0.717, 1.165) is 21.9 Å².